The SMILES string of the molecule is O=S(=O)(c1ccc2ccccc2c1)N(Cc1ccccc1)CC1CCCN1. The van der Waals surface area contributed by atoms with Gasteiger partial charge in [0.05, 0.1) is 4.90 Å². The van der Waals surface area contributed by atoms with Gasteiger partial charge in [0.25, 0.3) is 0 Å². The summed E-state index contributed by atoms with van der Waals surface area (Å²) in [6.07, 6.45) is 2.11. The Kier molecular flexibility index (Phi) is 5.25. The van der Waals surface area contributed by atoms with Gasteiger partial charge in [0, 0.05) is 19.1 Å². The zero-order valence-electron chi connectivity index (χ0n) is 15.2. The van der Waals surface area contributed by atoms with Gasteiger partial charge in [0.2, 0.25) is 10.0 Å². The first-order valence-electron chi connectivity index (χ1n) is 9.39. The molecule has 0 aromatic heterocycles. The van der Waals surface area contributed by atoms with Crippen LogP contribution in [0, 0.1) is 0 Å². The smallest absolute Gasteiger partial charge is 0.243 e. The molecule has 4 rings (SSSR count). The Morgan fingerprint density at radius 3 is 2.41 bits per heavy atom. The number of benzene rings is 3. The molecule has 0 bridgehead atoms. The van der Waals surface area contributed by atoms with Crippen LogP contribution in [-0.2, 0) is 16.6 Å². The zero-order valence-corrected chi connectivity index (χ0v) is 16.0. The summed E-state index contributed by atoms with van der Waals surface area (Å²) in [6, 6.07) is 23.2. The molecule has 0 radical (unpaired) electrons. The van der Waals surface area contributed by atoms with Crippen molar-refractivity contribution in [2.24, 2.45) is 0 Å². The molecule has 27 heavy (non-hydrogen) atoms. The van der Waals surface area contributed by atoms with Gasteiger partial charge in [-0.15, -0.1) is 0 Å². The minimum absolute atomic E-state index is 0.212. The van der Waals surface area contributed by atoms with E-state index in [9.17, 15) is 8.42 Å². The lowest BCUT2D eigenvalue weighted by atomic mass is 10.1. The summed E-state index contributed by atoms with van der Waals surface area (Å²) >= 11 is 0. The van der Waals surface area contributed by atoms with Crippen LogP contribution in [0.4, 0.5) is 0 Å². The molecule has 1 N–H and O–H groups in total. The molecule has 0 spiro atoms. The van der Waals surface area contributed by atoms with Crippen molar-refractivity contribution in [1.82, 2.24) is 9.62 Å². The molecule has 1 aliphatic heterocycles. The first kappa shape index (κ1) is 18.2. The highest BCUT2D eigenvalue weighted by molar-refractivity contribution is 7.89. The summed E-state index contributed by atoms with van der Waals surface area (Å²) in [6.45, 7) is 1.83. The summed E-state index contributed by atoms with van der Waals surface area (Å²) in [7, 11) is -3.58. The fourth-order valence-corrected chi connectivity index (χ4v) is 5.18. The Morgan fingerprint density at radius 1 is 0.926 bits per heavy atom. The summed E-state index contributed by atoms with van der Waals surface area (Å²) in [5.74, 6) is 0. The lowest BCUT2D eigenvalue weighted by molar-refractivity contribution is 0.365. The quantitative estimate of drug-likeness (QED) is 0.708. The highest BCUT2D eigenvalue weighted by atomic mass is 32.2. The second-order valence-electron chi connectivity index (χ2n) is 7.09. The lowest BCUT2D eigenvalue weighted by Crippen LogP contribution is -2.40. The average Bonchev–Trinajstić information content (AvgIpc) is 3.21. The highest BCUT2D eigenvalue weighted by Crippen LogP contribution is 2.24. The van der Waals surface area contributed by atoms with Crippen molar-refractivity contribution >= 4 is 20.8 Å². The number of hydrogen-bond acceptors (Lipinski definition) is 3. The topological polar surface area (TPSA) is 49.4 Å². The largest absolute Gasteiger partial charge is 0.313 e. The van der Waals surface area contributed by atoms with E-state index in [1.165, 1.54) is 0 Å². The molecular weight excluding hydrogens is 356 g/mol. The molecule has 4 nitrogen and oxygen atoms in total. The van der Waals surface area contributed by atoms with E-state index in [0.29, 0.717) is 18.0 Å². The minimum atomic E-state index is -3.58. The van der Waals surface area contributed by atoms with Crippen molar-refractivity contribution in [3.05, 3.63) is 78.4 Å². The Hall–Kier alpha value is -2.21. The highest BCUT2D eigenvalue weighted by Gasteiger charge is 2.28. The van der Waals surface area contributed by atoms with Crippen molar-refractivity contribution in [2.45, 2.75) is 30.3 Å². The van der Waals surface area contributed by atoms with E-state index in [1.807, 2.05) is 60.7 Å². The predicted molar refractivity (Wildman–Crippen MR) is 109 cm³/mol. The van der Waals surface area contributed by atoms with Gasteiger partial charge in [-0.3, -0.25) is 0 Å². The molecule has 1 fully saturated rings. The normalized spacial score (nSPS) is 17.6. The van der Waals surface area contributed by atoms with E-state index in [4.69, 9.17) is 0 Å². The van der Waals surface area contributed by atoms with Crippen LogP contribution in [0.3, 0.4) is 0 Å². The van der Waals surface area contributed by atoms with Gasteiger partial charge in [0.15, 0.2) is 0 Å². The third-order valence-corrected chi connectivity index (χ3v) is 6.95. The van der Waals surface area contributed by atoms with Crippen LogP contribution in [0.15, 0.2) is 77.7 Å². The van der Waals surface area contributed by atoms with Gasteiger partial charge in [-0.2, -0.15) is 4.31 Å². The van der Waals surface area contributed by atoms with E-state index < -0.39 is 10.0 Å². The maximum absolute atomic E-state index is 13.5. The van der Waals surface area contributed by atoms with Crippen molar-refractivity contribution in [2.75, 3.05) is 13.1 Å². The Bertz CT molecular complexity index is 1010. The van der Waals surface area contributed by atoms with E-state index in [0.717, 1.165) is 35.7 Å². The zero-order chi connectivity index (χ0) is 18.7. The van der Waals surface area contributed by atoms with Gasteiger partial charge >= 0.3 is 0 Å². The van der Waals surface area contributed by atoms with Crippen molar-refractivity contribution in [3.8, 4) is 0 Å². The van der Waals surface area contributed by atoms with Crippen LogP contribution in [0.2, 0.25) is 0 Å². The first-order valence-corrected chi connectivity index (χ1v) is 10.8. The number of nitrogens with one attached hydrogen (secondary N) is 1. The molecule has 140 valence electrons. The van der Waals surface area contributed by atoms with Gasteiger partial charge in [-0.25, -0.2) is 8.42 Å². The summed E-state index contributed by atoms with van der Waals surface area (Å²) in [4.78, 5) is 0.357. The van der Waals surface area contributed by atoms with E-state index in [-0.39, 0.29) is 6.04 Å². The van der Waals surface area contributed by atoms with Crippen molar-refractivity contribution in [3.63, 3.8) is 0 Å². The Labute approximate surface area is 160 Å². The second-order valence-corrected chi connectivity index (χ2v) is 9.02. The summed E-state index contributed by atoms with van der Waals surface area (Å²) < 4.78 is 28.6. The third kappa shape index (κ3) is 4.05. The van der Waals surface area contributed by atoms with Crippen LogP contribution in [0.5, 0.6) is 0 Å². The maximum Gasteiger partial charge on any atom is 0.243 e. The number of fused-ring (bicyclic) bond motifs is 1. The summed E-state index contributed by atoms with van der Waals surface area (Å²) in [5.41, 5.74) is 1.000. The van der Waals surface area contributed by atoms with Crippen LogP contribution >= 0.6 is 0 Å². The molecule has 1 unspecified atom stereocenters. The van der Waals surface area contributed by atoms with Crippen LogP contribution in [0.25, 0.3) is 10.8 Å². The molecule has 1 heterocycles. The van der Waals surface area contributed by atoms with Gasteiger partial charge in [-0.05, 0) is 47.9 Å². The van der Waals surface area contributed by atoms with Gasteiger partial charge in [0.1, 0.15) is 0 Å². The van der Waals surface area contributed by atoms with E-state index in [2.05, 4.69) is 5.32 Å². The Morgan fingerprint density at radius 2 is 1.67 bits per heavy atom. The molecular formula is C22H24N2O2S. The fourth-order valence-electron chi connectivity index (χ4n) is 3.67. The molecule has 5 heteroatoms. The standard InChI is InChI=1S/C22H24N2O2S/c25-27(26,22-13-12-19-9-4-5-10-20(19)15-22)24(17-21-11-6-14-23-21)16-18-7-2-1-3-8-18/h1-5,7-10,12-13,15,21,23H,6,11,14,16-17H2. The van der Waals surface area contributed by atoms with Crippen LogP contribution < -0.4 is 5.32 Å². The first-order chi connectivity index (χ1) is 13.1. The molecule has 3 aromatic carbocycles. The van der Waals surface area contributed by atoms with Gasteiger partial charge in [-0.1, -0.05) is 60.7 Å². The third-order valence-electron chi connectivity index (χ3n) is 5.15. The van der Waals surface area contributed by atoms with E-state index >= 15 is 0 Å². The van der Waals surface area contributed by atoms with Crippen LogP contribution in [-0.4, -0.2) is 31.9 Å². The number of hydrogen-bond donors (Lipinski definition) is 1. The van der Waals surface area contributed by atoms with Crippen molar-refractivity contribution in [1.29, 1.82) is 0 Å². The lowest BCUT2D eigenvalue weighted by Gasteiger charge is -2.25. The number of rotatable bonds is 6. The van der Waals surface area contributed by atoms with Crippen LogP contribution in [0.1, 0.15) is 18.4 Å². The van der Waals surface area contributed by atoms with Gasteiger partial charge < -0.3 is 5.32 Å². The minimum Gasteiger partial charge on any atom is -0.313 e. The molecule has 1 atom stereocenters. The molecule has 1 saturated heterocycles. The second kappa shape index (κ2) is 7.80. The predicted octanol–water partition coefficient (Wildman–Crippen LogP) is 3.78. The Balaban J connectivity index is 1.68. The molecule has 0 aliphatic carbocycles. The molecule has 3 aromatic rings. The monoisotopic (exact) mass is 380 g/mol. The summed E-state index contributed by atoms with van der Waals surface area (Å²) in [5, 5.41) is 5.41. The number of sulfonamides is 1. The maximum atomic E-state index is 13.5. The van der Waals surface area contributed by atoms with E-state index in [1.54, 1.807) is 16.4 Å². The molecule has 0 amide bonds. The molecule has 0 saturated carbocycles. The van der Waals surface area contributed by atoms with Crippen molar-refractivity contribution < 1.29 is 8.42 Å². The molecule has 1 aliphatic rings. The fraction of sp³-hybridized carbons (Fsp3) is 0.273. The number of nitrogens with zero attached hydrogens (tertiary/aromatic N) is 1. The average molecular weight is 381 g/mol.